The lowest BCUT2D eigenvalue weighted by Crippen LogP contribution is -2.21. The zero-order valence-corrected chi connectivity index (χ0v) is 11.0. The van der Waals surface area contributed by atoms with Gasteiger partial charge in [-0.05, 0) is 34.1 Å². The van der Waals surface area contributed by atoms with Crippen LogP contribution in [0.1, 0.15) is 0 Å². The molecule has 1 aromatic rings. The van der Waals surface area contributed by atoms with Gasteiger partial charge in [0.25, 0.3) is 0 Å². The summed E-state index contributed by atoms with van der Waals surface area (Å²) >= 11 is 3.28. The van der Waals surface area contributed by atoms with Crippen LogP contribution in [0.3, 0.4) is 0 Å². The predicted molar refractivity (Wildman–Crippen MR) is 64.2 cm³/mol. The van der Waals surface area contributed by atoms with Crippen molar-refractivity contribution in [3.05, 3.63) is 22.7 Å². The van der Waals surface area contributed by atoms with Crippen molar-refractivity contribution in [3.63, 3.8) is 0 Å². The third-order valence-electron chi connectivity index (χ3n) is 1.76. The fraction of sp³-hybridized carbons (Fsp3) is 0.333. The van der Waals surface area contributed by atoms with Crippen LogP contribution in [0, 0.1) is 0 Å². The molecule has 1 aromatic carbocycles. The largest absolute Gasteiger partial charge is 0.497 e. The summed E-state index contributed by atoms with van der Waals surface area (Å²) in [5.74, 6) is 1.01. The molecule has 16 heavy (non-hydrogen) atoms. The number of hydrogen-bond acceptors (Lipinski definition) is 4. The third kappa shape index (κ3) is 4.38. The molecule has 0 bridgehead atoms. The van der Waals surface area contributed by atoms with Crippen molar-refractivity contribution in [3.8, 4) is 11.5 Å². The molecule has 0 radical (unpaired) electrons. The summed E-state index contributed by atoms with van der Waals surface area (Å²) in [5.41, 5.74) is 0. The van der Waals surface area contributed by atoms with Crippen molar-refractivity contribution in [1.29, 1.82) is 0 Å². The number of benzene rings is 1. The highest BCUT2D eigenvalue weighted by Crippen LogP contribution is 2.28. The number of ether oxygens (including phenoxy) is 2. The van der Waals surface area contributed by atoms with Crippen LogP contribution in [0.4, 0.5) is 0 Å². The van der Waals surface area contributed by atoms with Gasteiger partial charge in [0, 0.05) is 0 Å². The Labute approximate surface area is 103 Å². The third-order valence-corrected chi connectivity index (χ3v) is 3.12. The number of halogens is 1. The van der Waals surface area contributed by atoms with Gasteiger partial charge in [-0.3, -0.25) is 0 Å². The Hall–Kier alpha value is -0.790. The van der Waals surface area contributed by atoms with Crippen LogP contribution in [-0.4, -0.2) is 27.9 Å². The summed E-state index contributed by atoms with van der Waals surface area (Å²) in [4.78, 5) is 0. The van der Waals surface area contributed by atoms with Gasteiger partial charge in [-0.2, -0.15) is 0 Å². The average Bonchev–Trinajstić information content (AvgIpc) is 2.18. The molecule has 0 spiro atoms. The van der Waals surface area contributed by atoms with Gasteiger partial charge in [-0.1, -0.05) is 0 Å². The second-order valence-corrected chi connectivity index (χ2v) is 5.60. The fourth-order valence-electron chi connectivity index (χ4n) is 0.993. The molecule has 0 saturated carbocycles. The minimum atomic E-state index is -3.48. The van der Waals surface area contributed by atoms with Gasteiger partial charge in [-0.15, -0.1) is 0 Å². The van der Waals surface area contributed by atoms with E-state index in [0.717, 1.165) is 0 Å². The highest BCUT2D eigenvalue weighted by atomic mass is 79.9. The smallest absolute Gasteiger partial charge is 0.212 e. The van der Waals surface area contributed by atoms with Crippen LogP contribution in [0.25, 0.3) is 0 Å². The molecule has 0 aliphatic rings. The Morgan fingerprint density at radius 3 is 2.62 bits per heavy atom. The van der Waals surface area contributed by atoms with Gasteiger partial charge in [0.1, 0.15) is 18.1 Å². The highest BCUT2D eigenvalue weighted by Gasteiger charge is 2.06. The van der Waals surface area contributed by atoms with E-state index in [1.165, 1.54) is 0 Å². The minimum Gasteiger partial charge on any atom is -0.497 e. The van der Waals surface area contributed by atoms with E-state index >= 15 is 0 Å². The first-order chi connectivity index (χ1) is 7.42. The molecule has 7 heteroatoms. The van der Waals surface area contributed by atoms with Crippen LogP contribution in [0.15, 0.2) is 22.7 Å². The summed E-state index contributed by atoms with van der Waals surface area (Å²) in [6, 6.07) is 5.13. The fourth-order valence-corrected chi connectivity index (χ4v) is 1.78. The van der Waals surface area contributed by atoms with Crippen LogP contribution < -0.4 is 14.6 Å². The molecule has 0 saturated heterocycles. The Balaban J connectivity index is 2.61. The number of methoxy groups -OCH3 is 1. The Kier molecular flexibility index (Phi) is 4.57. The van der Waals surface area contributed by atoms with E-state index in [0.29, 0.717) is 16.0 Å². The molecule has 0 aliphatic carbocycles. The van der Waals surface area contributed by atoms with Gasteiger partial charge in [0.15, 0.2) is 0 Å². The normalized spacial score (nSPS) is 11.2. The molecule has 2 N–H and O–H groups in total. The standard InChI is InChI=1S/C9H12BrNO4S/c1-14-7-2-3-9(8(10)6-7)15-4-5-16(11,12)13/h2-3,6H,4-5H2,1H3,(H2,11,12,13). The first-order valence-corrected chi connectivity index (χ1v) is 6.90. The Morgan fingerprint density at radius 2 is 2.12 bits per heavy atom. The molecule has 0 amide bonds. The molecule has 0 aromatic heterocycles. The average molecular weight is 310 g/mol. The number of sulfonamides is 1. The number of primary sulfonamides is 1. The van der Waals surface area contributed by atoms with E-state index < -0.39 is 10.0 Å². The topological polar surface area (TPSA) is 78.6 Å². The van der Waals surface area contributed by atoms with E-state index in [1.807, 2.05) is 0 Å². The summed E-state index contributed by atoms with van der Waals surface area (Å²) in [7, 11) is -1.93. The molecule has 0 fully saturated rings. The van der Waals surface area contributed by atoms with E-state index in [2.05, 4.69) is 15.9 Å². The van der Waals surface area contributed by atoms with Crippen molar-refractivity contribution < 1.29 is 17.9 Å². The zero-order valence-electron chi connectivity index (χ0n) is 8.64. The SMILES string of the molecule is COc1ccc(OCCS(N)(=O)=O)c(Br)c1. The summed E-state index contributed by atoms with van der Waals surface area (Å²) in [6.45, 7) is 0.0176. The maximum absolute atomic E-state index is 10.7. The van der Waals surface area contributed by atoms with Crippen molar-refractivity contribution in [1.82, 2.24) is 0 Å². The molecule has 1 rings (SSSR count). The Bertz CT molecular complexity index is 461. The molecule has 5 nitrogen and oxygen atoms in total. The molecule has 0 heterocycles. The van der Waals surface area contributed by atoms with Crippen LogP contribution in [0.5, 0.6) is 11.5 Å². The molecule has 0 atom stereocenters. The first kappa shape index (κ1) is 13.3. The minimum absolute atomic E-state index is 0.0176. The van der Waals surface area contributed by atoms with Gasteiger partial charge in [0.2, 0.25) is 10.0 Å². The molecular weight excluding hydrogens is 298 g/mol. The second-order valence-electron chi connectivity index (χ2n) is 3.01. The summed E-state index contributed by atoms with van der Waals surface area (Å²) in [5, 5.41) is 4.84. The predicted octanol–water partition coefficient (Wildman–Crippen LogP) is 1.13. The van der Waals surface area contributed by atoms with Gasteiger partial charge in [0.05, 0.1) is 17.3 Å². The second kappa shape index (κ2) is 5.51. The lowest BCUT2D eigenvalue weighted by atomic mass is 10.3. The number of rotatable bonds is 5. The van der Waals surface area contributed by atoms with E-state index in [-0.39, 0.29) is 12.4 Å². The first-order valence-electron chi connectivity index (χ1n) is 4.39. The van der Waals surface area contributed by atoms with E-state index in [4.69, 9.17) is 14.6 Å². The Morgan fingerprint density at radius 1 is 1.44 bits per heavy atom. The number of hydrogen-bond donors (Lipinski definition) is 1. The lowest BCUT2D eigenvalue weighted by Gasteiger charge is -2.08. The highest BCUT2D eigenvalue weighted by molar-refractivity contribution is 9.10. The van der Waals surface area contributed by atoms with Crippen LogP contribution in [0.2, 0.25) is 0 Å². The van der Waals surface area contributed by atoms with Crippen molar-refractivity contribution in [2.75, 3.05) is 19.5 Å². The monoisotopic (exact) mass is 309 g/mol. The van der Waals surface area contributed by atoms with Crippen molar-refractivity contribution in [2.24, 2.45) is 5.14 Å². The van der Waals surface area contributed by atoms with Crippen LogP contribution >= 0.6 is 15.9 Å². The molecule has 0 unspecified atom stereocenters. The van der Waals surface area contributed by atoms with Crippen molar-refractivity contribution >= 4 is 26.0 Å². The summed E-state index contributed by atoms with van der Waals surface area (Å²) < 4.78 is 32.3. The van der Waals surface area contributed by atoms with E-state index in [1.54, 1.807) is 25.3 Å². The molecule has 0 aliphatic heterocycles. The summed E-state index contributed by atoms with van der Waals surface area (Å²) in [6.07, 6.45) is 0. The number of nitrogens with two attached hydrogens (primary N) is 1. The quantitative estimate of drug-likeness (QED) is 0.884. The maximum Gasteiger partial charge on any atom is 0.212 e. The van der Waals surface area contributed by atoms with Gasteiger partial charge < -0.3 is 9.47 Å². The van der Waals surface area contributed by atoms with Crippen LogP contribution in [-0.2, 0) is 10.0 Å². The van der Waals surface area contributed by atoms with Crippen molar-refractivity contribution in [2.45, 2.75) is 0 Å². The maximum atomic E-state index is 10.7. The zero-order chi connectivity index (χ0) is 12.2. The van der Waals surface area contributed by atoms with E-state index in [9.17, 15) is 8.42 Å². The lowest BCUT2D eigenvalue weighted by molar-refractivity contribution is 0.337. The van der Waals surface area contributed by atoms with Gasteiger partial charge in [-0.25, -0.2) is 13.6 Å². The molecular formula is C9H12BrNO4S. The molecule has 90 valence electrons. The van der Waals surface area contributed by atoms with Gasteiger partial charge >= 0.3 is 0 Å².